The maximum Gasteiger partial charge on any atom is 0.279 e. The van der Waals surface area contributed by atoms with Crippen molar-refractivity contribution in [1.29, 1.82) is 0 Å². The highest BCUT2D eigenvalue weighted by Gasteiger charge is 2.48. The molecular weight excluding hydrogens is 512 g/mol. The van der Waals surface area contributed by atoms with E-state index in [9.17, 15) is 13.2 Å². The SMILES string of the molecule is C[C@H]1CCCN(Cc2cc3c(S(C)(=O)=O)cn(-c4cccc([C@]5(c6nncn6C)C[C@@H](C)C5)c4)c(=O)c3[nH]2)C1. The van der Waals surface area contributed by atoms with Gasteiger partial charge in [-0.1, -0.05) is 26.0 Å². The average molecular weight is 549 g/mol. The molecule has 2 fully saturated rings. The maximum absolute atomic E-state index is 13.8. The minimum Gasteiger partial charge on any atom is -0.353 e. The van der Waals surface area contributed by atoms with Crippen molar-refractivity contribution in [2.45, 2.75) is 56.4 Å². The van der Waals surface area contributed by atoms with E-state index >= 15 is 0 Å². The number of rotatable bonds is 6. The molecule has 0 spiro atoms. The summed E-state index contributed by atoms with van der Waals surface area (Å²) in [4.78, 5) is 19.7. The molecule has 1 atom stereocenters. The summed E-state index contributed by atoms with van der Waals surface area (Å²) in [7, 11) is -1.65. The third-order valence-electron chi connectivity index (χ3n) is 8.56. The Bertz CT molecular complexity index is 1710. The summed E-state index contributed by atoms with van der Waals surface area (Å²) in [6.07, 6.45) is 8.63. The maximum atomic E-state index is 13.8. The minimum atomic E-state index is -3.60. The van der Waals surface area contributed by atoms with Crippen molar-refractivity contribution < 1.29 is 8.42 Å². The van der Waals surface area contributed by atoms with Crippen molar-refractivity contribution in [1.82, 2.24) is 29.2 Å². The smallest absolute Gasteiger partial charge is 0.279 e. The van der Waals surface area contributed by atoms with E-state index < -0.39 is 9.84 Å². The molecule has 1 saturated heterocycles. The predicted molar refractivity (Wildman–Crippen MR) is 151 cm³/mol. The van der Waals surface area contributed by atoms with Gasteiger partial charge in [-0.05, 0) is 67.8 Å². The van der Waals surface area contributed by atoms with Crippen molar-refractivity contribution in [3.05, 3.63) is 70.3 Å². The van der Waals surface area contributed by atoms with E-state index in [0.717, 1.165) is 49.4 Å². The van der Waals surface area contributed by atoms with Crippen molar-refractivity contribution in [2.24, 2.45) is 18.9 Å². The quantitative estimate of drug-likeness (QED) is 0.393. The number of hydrogen-bond acceptors (Lipinski definition) is 6. The molecule has 1 aliphatic heterocycles. The van der Waals surface area contributed by atoms with E-state index in [2.05, 4.69) is 40.0 Å². The van der Waals surface area contributed by atoms with Crippen LogP contribution >= 0.6 is 0 Å². The van der Waals surface area contributed by atoms with Crippen LogP contribution in [0.25, 0.3) is 16.6 Å². The van der Waals surface area contributed by atoms with Crippen LogP contribution in [0.2, 0.25) is 0 Å². The molecule has 0 radical (unpaired) electrons. The van der Waals surface area contributed by atoms with Crippen molar-refractivity contribution >= 4 is 20.7 Å². The third kappa shape index (κ3) is 4.53. The van der Waals surface area contributed by atoms with Gasteiger partial charge in [0, 0.05) is 49.4 Å². The second-order valence-electron chi connectivity index (χ2n) is 11.9. The Morgan fingerprint density at radius 3 is 2.62 bits per heavy atom. The van der Waals surface area contributed by atoms with Gasteiger partial charge in [0.1, 0.15) is 17.7 Å². The molecule has 6 rings (SSSR count). The first-order valence-electron chi connectivity index (χ1n) is 13.7. The van der Waals surface area contributed by atoms with E-state index in [4.69, 9.17) is 0 Å². The molecule has 39 heavy (non-hydrogen) atoms. The number of pyridine rings is 1. The number of aromatic amines is 1. The van der Waals surface area contributed by atoms with Crippen LogP contribution in [0.15, 0.2) is 52.5 Å². The molecule has 1 saturated carbocycles. The highest BCUT2D eigenvalue weighted by atomic mass is 32.2. The number of piperidine rings is 1. The van der Waals surface area contributed by atoms with Gasteiger partial charge in [0.2, 0.25) is 0 Å². The highest BCUT2D eigenvalue weighted by Crippen LogP contribution is 2.51. The fraction of sp³-hybridized carbons (Fsp3) is 0.483. The van der Waals surface area contributed by atoms with Gasteiger partial charge >= 0.3 is 0 Å². The van der Waals surface area contributed by atoms with Crippen LogP contribution in [0, 0.1) is 11.8 Å². The van der Waals surface area contributed by atoms with Gasteiger partial charge < -0.3 is 9.55 Å². The molecule has 1 aliphatic carbocycles. The molecule has 3 aromatic heterocycles. The molecular formula is C29H36N6O3S. The largest absolute Gasteiger partial charge is 0.353 e. The van der Waals surface area contributed by atoms with Gasteiger partial charge in [-0.25, -0.2) is 8.42 Å². The summed E-state index contributed by atoms with van der Waals surface area (Å²) in [6, 6.07) is 9.69. The predicted octanol–water partition coefficient (Wildman–Crippen LogP) is 3.80. The second kappa shape index (κ2) is 9.45. The first-order valence-corrected chi connectivity index (χ1v) is 15.6. The highest BCUT2D eigenvalue weighted by molar-refractivity contribution is 7.91. The lowest BCUT2D eigenvalue weighted by atomic mass is 9.58. The lowest BCUT2D eigenvalue weighted by Gasteiger charge is -2.46. The summed E-state index contributed by atoms with van der Waals surface area (Å²) in [5, 5.41) is 9.02. The summed E-state index contributed by atoms with van der Waals surface area (Å²) in [5.41, 5.74) is 2.31. The number of fused-ring (bicyclic) bond motifs is 1. The van der Waals surface area contributed by atoms with Gasteiger partial charge in [-0.3, -0.25) is 14.3 Å². The average Bonchev–Trinajstić information content (AvgIpc) is 3.48. The Morgan fingerprint density at radius 1 is 1.15 bits per heavy atom. The Kier molecular flexibility index (Phi) is 6.30. The summed E-state index contributed by atoms with van der Waals surface area (Å²) >= 11 is 0. The molecule has 2 aliphatic rings. The molecule has 1 N–H and O–H groups in total. The molecule has 0 amide bonds. The zero-order valence-electron chi connectivity index (χ0n) is 23.0. The lowest BCUT2D eigenvalue weighted by Crippen LogP contribution is -2.43. The van der Waals surface area contributed by atoms with Gasteiger partial charge in [0.05, 0.1) is 10.3 Å². The Morgan fingerprint density at radius 2 is 1.95 bits per heavy atom. The van der Waals surface area contributed by atoms with Crippen LogP contribution in [0.4, 0.5) is 0 Å². The molecule has 206 valence electrons. The molecule has 0 unspecified atom stereocenters. The number of hydrogen-bond donors (Lipinski definition) is 1. The molecule has 0 bridgehead atoms. The zero-order valence-corrected chi connectivity index (χ0v) is 23.8. The van der Waals surface area contributed by atoms with Crippen molar-refractivity contribution in [3.8, 4) is 5.69 Å². The Labute approximate surface area is 228 Å². The topological polar surface area (TPSA) is 106 Å². The number of likely N-dealkylation sites (tertiary alicyclic amines) is 1. The minimum absolute atomic E-state index is 0.150. The van der Waals surface area contributed by atoms with Gasteiger partial charge in [0.25, 0.3) is 5.56 Å². The van der Waals surface area contributed by atoms with Crippen molar-refractivity contribution in [3.63, 3.8) is 0 Å². The van der Waals surface area contributed by atoms with Crippen LogP contribution < -0.4 is 5.56 Å². The standard InChI is InChI=1S/C29H36N6O3S/c1-19-7-6-10-34(15-19)16-22-12-24-25(39(4,37)38)17-35(27(36)26(24)31-22)23-9-5-8-21(11-23)29(13-20(2)14-29)28-32-30-18-33(28)3/h5,8-9,11-12,17-20,31H,6-7,10,13-16H2,1-4H3/t19-,20-,29+/m0/s1. The van der Waals surface area contributed by atoms with Crippen LogP contribution in [0.3, 0.4) is 0 Å². The summed E-state index contributed by atoms with van der Waals surface area (Å²) in [6.45, 7) is 7.14. The van der Waals surface area contributed by atoms with E-state index in [0.29, 0.717) is 35.0 Å². The Hall–Kier alpha value is -3.24. The van der Waals surface area contributed by atoms with Gasteiger partial charge in [0.15, 0.2) is 9.84 Å². The first-order chi connectivity index (χ1) is 18.5. The van der Waals surface area contributed by atoms with Crippen LogP contribution in [0.5, 0.6) is 0 Å². The molecule has 9 nitrogen and oxygen atoms in total. The molecule has 1 aromatic carbocycles. The summed E-state index contributed by atoms with van der Waals surface area (Å²) < 4.78 is 29.3. The van der Waals surface area contributed by atoms with E-state index in [1.165, 1.54) is 23.4 Å². The number of aryl methyl sites for hydroxylation is 1. The molecule has 4 aromatic rings. The van der Waals surface area contributed by atoms with Crippen LogP contribution in [-0.4, -0.2) is 57.0 Å². The first kappa shape index (κ1) is 26.0. The van der Waals surface area contributed by atoms with E-state index in [1.807, 2.05) is 35.9 Å². The van der Waals surface area contributed by atoms with Gasteiger partial charge in [-0.2, -0.15) is 0 Å². The summed E-state index contributed by atoms with van der Waals surface area (Å²) in [5.74, 6) is 2.07. The van der Waals surface area contributed by atoms with Crippen molar-refractivity contribution in [2.75, 3.05) is 19.3 Å². The fourth-order valence-electron chi connectivity index (χ4n) is 6.83. The number of sulfone groups is 1. The second-order valence-corrected chi connectivity index (χ2v) is 13.9. The molecule has 4 heterocycles. The third-order valence-corrected chi connectivity index (χ3v) is 9.69. The lowest BCUT2D eigenvalue weighted by molar-refractivity contribution is 0.175. The van der Waals surface area contributed by atoms with Crippen LogP contribution in [0.1, 0.15) is 56.6 Å². The number of aromatic nitrogens is 5. The molecule has 10 heteroatoms. The number of nitrogens with zero attached hydrogens (tertiary/aromatic N) is 5. The number of benzene rings is 1. The van der Waals surface area contributed by atoms with Gasteiger partial charge in [-0.15, -0.1) is 10.2 Å². The van der Waals surface area contributed by atoms with Crippen LogP contribution in [-0.2, 0) is 28.8 Å². The number of H-pyrrole nitrogens is 1. The Balaban J connectivity index is 1.46. The monoisotopic (exact) mass is 548 g/mol. The normalized spacial score (nSPS) is 24.2. The van der Waals surface area contributed by atoms with E-state index in [-0.39, 0.29) is 15.9 Å². The number of nitrogens with one attached hydrogen (secondary N) is 1. The zero-order chi connectivity index (χ0) is 27.5. The van der Waals surface area contributed by atoms with E-state index in [1.54, 1.807) is 6.33 Å². The fourth-order valence-corrected chi connectivity index (χ4v) is 7.69.